The number of carbonyl (C=O) groups is 5. The van der Waals surface area contributed by atoms with Crippen molar-refractivity contribution in [3.05, 3.63) is 193 Å². The number of likely N-dealkylation sites (tertiary alicyclic amines) is 2. The largest absolute Gasteiger partial charge is 0.445 e. The number of nitrogens with one attached hydrogen (secondary N) is 6. The highest BCUT2D eigenvalue weighted by Gasteiger charge is 2.37. The molecule has 12 rings (SSSR count). The second-order valence-corrected chi connectivity index (χ2v) is 22.3. The van der Waals surface area contributed by atoms with E-state index in [1.165, 1.54) is 15.5 Å². The maximum absolute atomic E-state index is 13.1. The number of anilines is 8. The predicted molar refractivity (Wildman–Crippen MR) is 366 cm³/mol. The molecule has 22 nitrogen and oxygen atoms in total. The van der Waals surface area contributed by atoms with Gasteiger partial charge in [0.25, 0.3) is 0 Å². The average molecular weight is 1260 g/mol. The van der Waals surface area contributed by atoms with Crippen molar-refractivity contribution in [3.63, 3.8) is 0 Å². The number of benzene rings is 6. The zero-order valence-electron chi connectivity index (χ0n) is 50.9. The van der Waals surface area contributed by atoms with Crippen LogP contribution in [0, 0.1) is 0 Å². The summed E-state index contributed by atoms with van der Waals surface area (Å²) in [5.41, 5.74) is 10.4. The van der Waals surface area contributed by atoms with Crippen LogP contribution in [0.25, 0.3) is 22.5 Å². The van der Waals surface area contributed by atoms with Gasteiger partial charge < -0.3 is 56.1 Å². The Labute approximate surface area is 544 Å². The second-order valence-electron chi connectivity index (χ2n) is 22.3. The van der Waals surface area contributed by atoms with Crippen molar-refractivity contribution < 1.29 is 33.4 Å². The molecule has 0 saturated carbocycles. The molecular weight excluding hydrogens is 1170 g/mol. The molecule has 4 aliphatic rings. The number of urea groups is 1. The van der Waals surface area contributed by atoms with E-state index in [4.69, 9.17) is 14.5 Å². The molecule has 4 fully saturated rings. The molecule has 2 aromatic heterocycles. The third-order valence-corrected chi connectivity index (χ3v) is 16.2. The zero-order chi connectivity index (χ0) is 62.7. The van der Waals surface area contributed by atoms with Gasteiger partial charge in [0.1, 0.15) is 25.3 Å². The van der Waals surface area contributed by atoms with Crippen LogP contribution in [0.15, 0.2) is 182 Å². The Morgan fingerprint density at radius 3 is 1.31 bits per heavy atom. The number of hydrogen-bond acceptors (Lipinski definition) is 16. The van der Waals surface area contributed by atoms with Crippen LogP contribution in [0.2, 0.25) is 0 Å². The van der Waals surface area contributed by atoms with Crippen LogP contribution in [-0.2, 0) is 32.3 Å². The van der Waals surface area contributed by atoms with E-state index in [-0.39, 0.29) is 45.9 Å². The van der Waals surface area contributed by atoms with Crippen molar-refractivity contribution >= 4 is 76.1 Å². The van der Waals surface area contributed by atoms with Gasteiger partial charge in [0.2, 0.25) is 23.7 Å². The fraction of sp³-hybridized carbons (Fsp3) is 0.310. The molecule has 2 atom stereocenters. The Hall–Kier alpha value is -10.6. The van der Waals surface area contributed by atoms with E-state index in [0.717, 1.165) is 103 Å². The zero-order valence-corrected chi connectivity index (χ0v) is 50.9. The SMILES string of the molecule is C.C.CCNC(=O)N1CCN(c2ccc(Nc3nccc(-c4ccc(NC(=O)[C@H]5CCCN5C(=O)OCc5ccccc5)cc4)n3)cc2)CC1.O=C(Nc1ccc(-c2ccnc(Nc3ccc(N4CCNCC4)cc3)n2)cc1)[C@H]1CCCN1C(=O)OCc1ccccc1. The Morgan fingerprint density at radius 1 is 0.484 bits per heavy atom. The van der Waals surface area contributed by atoms with Crippen molar-refractivity contribution in [1.29, 1.82) is 0 Å². The topological polar surface area (TPSA) is 244 Å². The third kappa shape index (κ3) is 18.1. The van der Waals surface area contributed by atoms with E-state index in [1.807, 2.05) is 157 Å². The predicted octanol–water partition coefficient (Wildman–Crippen LogP) is 11.8. The van der Waals surface area contributed by atoms with E-state index in [0.29, 0.717) is 68.8 Å². The lowest BCUT2D eigenvalue weighted by atomic mass is 10.1. The molecule has 6 aromatic carbocycles. The molecule has 6 heterocycles. The summed E-state index contributed by atoms with van der Waals surface area (Å²) in [4.78, 5) is 91.5. The van der Waals surface area contributed by atoms with Gasteiger partial charge in [-0.05, 0) is 129 Å². The maximum atomic E-state index is 13.1. The minimum atomic E-state index is -0.582. The van der Waals surface area contributed by atoms with Crippen LogP contribution in [-0.4, -0.2) is 149 Å². The molecular formula is C71H83N15O7. The van der Waals surface area contributed by atoms with Crippen molar-refractivity contribution in [2.45, 2.75) is 72.8 Å². The van der Waals surface area contributed by atoms with E-state index < -0.39 is 24.3 Å². The maximum Gasteiger partial charge on any atom is 0.410 e. The summed E-state index contributed by atoms with van der Waals surface area (Å²) < 4.78 is 10.9. The summed E-state index contributed by atoms with van der Waals surface area (Å²) in [5.74, 6) is 0.510. The molecule has 22 heteroatoms. The lowest BCUT2D eigenvalue weighted by molar-refractivity contribution is -0.120. The summed E-state index contributed by atoms with van der Waals surface area (Å²) in [6.45, 7) is 10.8. The van der Waals surface area contributed by atoms with Crippen LogP contribution in [0.4, 0.5) is 60.4 Å². The van der Waals surface area contributed by atoms with Gasteiger partial charge in [-0.1, -0.05) is 99.8 Å². The quantitative estimate of drug-likeness (QED) is 0.0496. The molecule has 4 saturated heterocycles. The van der Waals surface area contributed by atoms with Gasteiger partial charge in [0.05, 0.1) is 11.4 Å². The van der Waals surface area contributed by atoms with Crippen molar-refractivity contribution in [3.8, 4) is 22.5 Å². The number of ether oxygens (including phenoxy) is 2. The van der Waals surface area contributed by atoms with E-state index >= 15 is 0 Å². The van der Waals surface area contributed by atoms with Gasteiger partial charge in [-0.2, -0.15) is 0 Å². The monoisotopic (exact) mass is 1260 g/mol. The molecule has 0 spiro atoms. The molecule has 6 amide bonds. The van der Waals surface area contributed by atoms with E-state index in [1.54, 1.807) is 12.4 Å². The molecule has 8 aromatic rings. The summed E-state index contributed by atoms with van der Waals surface area (Å²) >= 11 is 0. The van der Waals surface area contributed by atoms with E-state index in [9.17, 15) is 24.0 Å². The summed E-state index contributed by atoms with van der Waals surface area (Å²) in [6, 6.07) is 52.8. The Morgan fingerprint density at radius 2 is 0.892 bits per heavy atom. The van der Waals surface area contributed by atoms with Crippen LogP contribution in [0.3, 0.4) is 0 Å². The molecule has 0 bridgehead atoms. The highest BCUT2D eigenvalue weighted by molar-refractivity contribution is 5.98. The number of carbonyl (C=O) groups excluding carboxylic acids is 5. The third-order valence-electron chi connectivity index (χ3n) is 16.2. The molecule has 0 radical (unpaired) electrons. The van der Waals surface area contributed by atoms with Crippen LogP contribution in [0.5, 0.6) is 0 Å². The second kappa shape index (κ2) is 32.9. The highest BCUT2D eigenvalue weighted by Crippen LogP contribution is 2.29. The molecule has 484 valence electrons. The van der Waals surface area contributed by atoms with Crippen molar-refractivity contribution in [2.24, 2.45) is 0 Å². The van der Waals surface area contributed by atoms with Gasteiger partial charge in [-0.3, -0.25) is 19.4 Å². The lowest BCUT2D eigenvalue weighted by Crippen LogP contribution is -2.51. The van der Waals surface area contributed by atoms with Crippen LogP contribution >= 0.6 is 0 Å². The van der Waals surface area contributed by atoms with Crippen molar-refractivity contribution in [2.75, 3.05) is 103 Å². The van der Waals surface area contributed by atoms with E-state index in [2.05, 4.69) is 80.9 Å². The fourth-order valence-corrected chi connectivity index (χ4v) is 11.3. The summed E-state index contributed by atoms with van der Waals surface area (Å²) in [5, 5.41) is 18.7. The summed E-state index contributed by atoms with van der Waals surface area (Å²) in [7, 11) is 0. The first kappa shape index (κ1) is 66.8. The van der Waals surface area contributed by atoms with Crippen LogP contribution in [0.1, 0.15) is 58.6 Å². The summed E-state index contributed by atoms with van der Waals surface area (Å²) in [6.07, 6.45) is 5.14. The number of amides is 6. The molecule has 6 N–H and O–H groups in total. The minimum Gasteiger partial charge on any atom is -0.445 e. The molecule has 93 heavy (non-hydrogen) atoms. The standard InChI is InChI=1S/C36H40N8O4.C33H35N7O3.2CH4/c1-2-37-35(46)43-23-21-42(22-24-43)30-16-14-29(15-17-30)40-34-38-19-18-31(41-34)27-10-12-28(13-11-27)39-33(45)32-9-6-20-44(32)36(47)48-25-26-7-4-3-5-8-26;41-31(30-7-4-20-40(30)33(42)43-23-24-5-2-1-3-6-24)36-26-10-8-25(9-11-26)29-16-17-35-32(38-29)37-27-12-14-28(15-13-27)39-21-18-34-19-22-39;;/h3-5,7-8,10-19,32H,2,6,9,20-25H2,1H3,(H,37,46)(H,39,45)(H,38,40,41);1-3,5-6,8-17,30,34H,4,7,18-23H2,(H,36,41)(H,35,37,38);2*1H4/t32-;30-;;/m11../s1. The number of aromatic nitrogens is 4. The van der Waals surface area contributed by atoms with Gasteiger partial charge in [0.15, 0.2) is 0 Å². The Balaban J connectivity index is 0.000000216. The first-order chi connectivity index (χ1) is 44.6. The fourth-order valence-electron chi connectivity index (χ4n) is 11.3. The van der Waals surface area contributed by atoms with Gasteiger partial charge in [-0.15, -0.1) is 0 Å². The van der Waals surface area contributed by atoms with Gasteiger partial charge in [-0.25, -0.2) is 34.3 Å². The van der Waals surface area contributed by atoms with Gasteiger partial charge in [0, 0.05) is 130 Å². The molecule has 0 aliphatic carbocycles. The van der Waals surface area contributed by atoms with Crippen molar-refractivity contribution in [1.82, 2.24) is 45.3 Å². The smallest absolute Gasteiger partial charge is 0.410 e. The number of rotatable bonds is 17. The Bertz CT molecular complexity index is 3710. The lowest BCUT2D eigenvalue weighted by Gasteiger charge is -2.36. The normalized spacial score (nSPS) is 15.9. The highest BCUT2D eigenvalue weighted by atomic mass is 16.6. The molecule has 0 unspecified atom stereocenters. The Kier molecular flexibility index (Phi) is 23.7. The van der Waals surface area contributed by atoms with Crippen LogP contribution < -0.4 is 41.7 Å². The number of piperazine rings is 2. The average Bonchev–Trinajstić information content (AvgIpc) is 2.42. The number of hydrogen-bond donors (Lipinski definition) is 6. The first-order valence-corrected chi connectivity index (χ1v) is 31.0. The van der Waals surface area contributed by atoms with Gasteiger partial charge >= 0.3 is 18.2 Å². The number of nitrogens with zero attached hydrogens (tertiary/aromatic N) is 9. The first-order valence-electron chi connectivity index (χ1n) is 31.0. The molecule has 4 aliphatic heterocycles. The minimum absolute atomic E-state index is 0.